The molecule has 1 aromatic heterocycles. The number of nitrogens with one attached hydrogen (secondary N) is 1. The highest BCUT2D eigenvalue weighted by Crippen LogP contribution is 2.17. The van der Waals surface area contributed by atoms with E-state index in [-0.39, 0.29) is 6.10 Å². The molecule has 130 valence electrons. The van der Waals surface area contributed by atoms with Crippen molar-refractivity contribution < 1.29 is 5.11 Å². The van der Waals surface area contributed by atoms with Crippen molar-refractivity contribution in [3.63, 3.8) is 0 Å². The van der Waals surface area contributed by atoms with Crippen LogP contribution in [0.2, 0.25) is 0 Å². The summed E-state index contributed by atoms with van der Waals surface area (Å²) < 4.78 is 0. The lowest BCUT2D eigenvalue weighted by Gasteiger charge is -2.21. The van der Waals surface area contributed by atoms with Gasteiger partial charge in [-0.1, -0.05) is 36.4 Å². The standard InChI is InChI=1S/C21H25N3O/c25-20-15-23(13-17-4-2-1-3-5-17)10-11-24(16-20)14-18-6-7-21-19(12-18)8-9-22-21/h1-9,12,20,22,25H,10-11,13-16H2. The van der Waals surface area contributed by atoms with E-state index in [1.54, 1.807) is 0 Å². The Bertz CT molecular complexity index is 814. The Balaban J connectivity index is 1.40. The van der Waals surface area contributed by atoms with Crippen molar-refractivity contribution in [2.75, 3.05) is 26.2 Å². The Morgan fingerprint density at radius 2 is 1.60 bits per heavy atom. The van der Waals surface area contributed by atoms with Crippen molar-refractivity contribution in [1.29, 1.82) is 0 Å². The SMILES string of the molecule is OC1CN(Cc2ccccc2)CCN(Cc2ccc3[nH]ccc3c2)C1. The fourth-order valence-electron chi connectivity index (χ4n) is 3.71. The number of benzene rings is 2. The van der Waals surface area contributed by atoms with E-state index in [0.29, 0.717) is 0 Å². The number of hydrogen-bond donors (Lipinski definition) is 2. The average Bonchev–Trinajstić information content (AvgIpc) is 3.01. The first kappa shape index (κ1) is 16.3. The van der Waals surface area contributed by atoms with Crippen LogP contribution >= 0.6 is 0 Å². The lowest BCUT2D eigenvalue weighted by Crippen LogP contribution is -2.33. The molecule has 1 aliphatic rings. The lowest BCUT2D eigenvalue weighted by molar-refractivity contribution is 0.106. The average molecular weight is 335 g/mol. The first-order valence-corrected chi connectivity index (χ1v) is 8.99. The van der Waals surface area contributed by atoms with Crippen LogP contribution in [0.1, 0.15) is 11.1 Å². The summed E-state index contributed by atoms with van der Waals surface area (Å²) in [6, 6.07) is 19.2. The van der Waals surface area contributed by atoms with Crippen LogP contribution in [-0.4, -0.2) is 52.2 Å². The van der Waals surface area contributed by atoms with E-state index in [9.17, 15) is 5.11 Å². The number of H-pyrrole nitrogens is 1. The van der Waals surface area contributed by atoms with Gasteiger partial charge in [-0.3, -0.25) is 9.80 Å². The topological polar surface area (TPSA) is 42.5 Å². The van der Waals surface area contributed by atoms with Crippen molar-refractivity contribution in [3.05, 3.63) is 71.9 Å². The molecule has 1 atom stereocenters. The normalized spacial score (nSPS) is 20.0. The van der Waals surface area contributed by atoms with Crippen LogP contribution in [0.3, 0.4) is 0 Å². The molecule has 4 heteroatoms. The molecule has 1 aliphatic heterocycles. The van der Waals surface area contributed by atoms with Crippen LogP contribution in [0.25, 0.3) is 10.9 Å². The van der Waals surface area contributed by atoms with Gasteiger partial charge in [0, 0.05) is 51.0 Å². The van der Waals surface area contributed by atoms with Crippen LogP contribution in [0.5, 0.6) is 0 Å². The summed E-state index contributed by atoms with van der Waals surface area (Å²) in [7, 11) is 0. The smallest absolute Gasteiger partial charge is 0.0794 e. The van der Waals surface area contributed by atoms with Gasteiger partial charge in [0.2, 0.25) is 0 Å². The summed E-state index contributed by atoms with van der Waals surface area (Å²) >= 11 is 0. The fraction of sp³-hybridized carbons (Fsp3) is 0.333. The van der Waals surface area contributed by atoms with Crippen LogP contribution < -0.4 is 0 Å². The highest BCUT2D eigenvalue weighted by atomic mass is 16.3. The zero-order valence-electron chi connectivity index (χ0n) is 14.4. The molecule has 2 aromatic carbocycles. The van der Waals surface area contributed by atoms with Gasteiger partial charge in [-0.15, -0.1) is 0 Å². The maximum atomic E-state index is 10.4. The van der Waals surface area contributed by atoms with Gasteiger partial charge >= 0.3 is 0 Å². The molecule has 1 saturated heterocycles. The summed E-state index contributed by atoms with van der Waals surface area (Å²) in [6.07, 6.45) is 1.67. The second-order valence-electron chi connectivity index (χ2n) is 7.01. The molecule has 0 spiro atoms. The molecule has 2 heterocycles. The van der Waals surface area contributed by atoms with Crippen LogP contribution in [-0.2, 0) is 13.1 Å². The maximum absolute atomic E-state index is 10.4. The van der Waals surface area contributed by atoms with Crippen molar-refractivity contribution in [2.45, 2.75) is 19.2 Å². The number of fused-ring (bicyclic) bond motifs is 1. The van der Waals surface area contributed by atoms with E-state index in [4.69, 9.17) is 0 Å². The lowest BCUT2D eigenvalue weighted by atomic mass is 10.1. The molecule has 0 amide bonds. The zero-order valence-corrected chi connectivity index (χ0v) is 14.4. The minimum absolute atomic E-state index is 0.304. The molecule has 4 nitrogen and oxygen atoms in total. The molecule has 1 unspecified atom stereocenters. The van der Waals surface area contributed by atoms with Crippen LogP contribution in [0, 0.1) is 0 Å². The Labute approximate surface area is 148 Å². The van der Waals surface area contributed by atoms with E-state index in [2.05, 4.69) is 63.3 Å². The molecular weight excluding hydrogens is 310 g/mol. The summed E-state index contributed by atoms with van der Waals surface area (Å²) in [5.41, 5.74) is 3.78. The molecular formula is C21H25N3O. The number of aromatic amines is 1. The fourth-order valence-corrected chi connectivity index (χ4v) is 3.71. The van der Waals surface area contributed by atoms with Gasteiger partial charge in [0.1, 0.15) is 0 Å². The predicted molar refractivity (Wildman–Crippen MR) is 101 cm³/mol. The number of aliphatic hydroxyl groups is 1. The third-order valence-electron chi connectivity index (χ3n) is 4.94. The molecule has 0 radical (unpaired) electrons. The summed E-state index contributed by atoms with van der Waals surface area (Å²) in [5.74, 6) is 0. The molecule has 4 rings (SSSR count). The minimum atomic E-state index is -0.304. The Morgan fingerprint density at radius 1 is 0.880 bits per heavy atom. The van der Waals surface area contributed by atoms with E-state index >= 15 is 0 Å². The van der Waals surface area contributed by atoms with Crippen LogP contribution in [0.4, 0.5) is 0 Å². The summed E-state index contributed by atoms with van der Waals surface area (Å²) in [6.45, 7) is 5.23. The van der Waals surface area contributed by atoms with Crippen molar-refractivity contribution in [2.24, 2.45) is 0 Å². The van der Waals surface area contributed by atoms with E-state index in [0.717, 1.165) is 39.3 Å². The van der Waals surface area contributed by atoms with Crippen molar-refractivity contribution >= 4 is 10.9 Å². The van der Waals surface area contributed by atoms with Crippen molar-refractivity contribution in [1.82, 2.24) is 14.8 Å². The van der Waals surface area contributed by atoms with Gasteiger partial charge in [0.05, 0.1) is 6.10 Å². The Morgan fingerprint density at radius 3 is 2.36 bits per heavy atom. The first-order valence-electron chi connectivity index (χ1n) is 8.99. The summed E-state index contributed by atoms with van der Waals surface area (Å²) in [5, 5.41) is 11.7. The monoisotopic (exact) mass is 335 g/mol. The van der Waals surface area contributed by atoms with E-state index in [1.807, 2.05) is 12.3 Å². The van der Waals surface area contributed by atoms with Gasteiger partial charge in [0.15, 0.2) is 0 Å². The van der Waals surface area contributed by atoms with E-state index in [1.165, 1.54) is 22.0 Å². The first-order chi connectivity index (χ1) is 12.3. The van der Waals surface area contributed by atoms with Gasteiger partial charge in [-0.05, 0) is 34.7 Å². The highest BCUT2D eigenvalue weighted by Gasteiger charge is 2.21. The third-order valence-corrected chi connectivity index (χ3v) is 4.94. The quantitative estimate of drug-likeness (QED) is 0.770. The number of hydrogen-bond acceptors (Lipinski definition) is 3. The Hall–Kier alpha value is -2.14. The molecule has 3 aromatic rings. The third kappa shape index (κ3) is 4.10. The largest absolute Gasteiger partial charge is 0.390 e. The molecule has 0 bridgehead atoms. The number of nitrogens with zero attached hydrogens (tertiary/aromatic N) is 2. The highest BCUT2D eigenvalue weighted by molar-refractivity contribution is 5.79. The molecule has 1 fully saturated rings. The minimum Gasteiger partial charge on any atom is -0.390 e. The second kappa shape index (κ2) is 7.40. The van der Waals surface area contributed by atoms with Gasteiger partial charge in [-0.2, -0.15) is 0 Å². The number of β-amino-alcohol motifs (C(OH)–C–C–N with tert-alkyl or cyclic N) is 1. The van der Waals surface area contributed by atoms with Crippen LogP contribution in [0.15, 0.2) is 60.8 Å². The molecule has 0 saturated carbocycles. The van der Waals surface area contributed by atoms with Gasteiger partial charge in [-0.25, -0.2) is 0 Å². The Kier molecular flexibility index (Phi) is 4.83. The number of aromatic nitrogens is 1. The zero-order chi connectivity index (χ0) is 17.1. The predicted octanol–water partition coefficient (Wildman–Crippen LogP) is 2.85. The second-order valence-corrected chi connectivity index (χ2v) is 7.01. The van der Waals surface area contributed by atoms with E-state index < -0.39 is 0 Å². The number of rotatable bonds is 4. The van der Waals surface area contributed by atoms with Crippen molar-refractivity contribution in [3.8, 4) is 0 Å². The maximum Gasteiger partial charge on any atom is 0.0794 e. The number of aliphatic hydroxyl groups excluding tert-OH is 1. The van der Waals surface area contributed by atoms with Gasteiger partial charge in [0.25, 0.3) is 0 Å². The molecule has 25 heavy (non-hydrogen) atoms. The molecule has 2 N–H and O–H groups in total. The summed E-state index contributed by atoms with van der Waals surface area (Å²) in [4.78, 5) is 7.96. The van der Waals surface area contributed by atoms with Gasteiger partial charge < -0.3 is 10.1 Å². The molecule has 0 aliphatic carbocycles.